The third-order valence-electron chi connectivity index (χ3n) is 6.10. The Kier molecular flexibility index (Phi) is 10.5. The number of aromatic carboxylic acids is 1. The predicted molar refractivity (Wildman–Crippen MR) is 143 cm³/mol. The van der Waals surface area contributed by atoms with Gasteiger partial charge in [0.05, 0.1) is 21.8 Å². The summed E-state index contributed by atoms with van der Waals surface area (Å²) in [5, 5.41) is 21.4. The molecule has 0 aliphatic heterocycles. The lowest BCUT2D eigenvalue weighted by Crippen LogP contribution is -2.23. The van der Waals surface area contributed by atoms with Crippen molar-refractivity contribution < 1.29 is 45.8 Å². The number of hydrogen-bond donors (Lipinski definition) is 3. The first-order chi connectivity index (χ1) is 18.9. The Morgan fingerprint density at radius 3 is 2.20 bits per heavy atom. The first kappa shape index (κ1) is 33.1. The molecule has 0 spiro atoms. The van der Waals surface area contributed by atoms with Gasteiger partial charge in [-0.05, 0) is 75.6 Å². The standard InChI is InChI=1S/C24H29FN4O4S.C2HF3O2/c1-6-29-17(4)20(16(3)26-29)11-12-28(5)22-10-9-19(14-21(22)24(30)31)27-34(32,33)23-13-18(25)8-7-15(23)2;3-2(4,5)1(6)7/h7-10,13-14,27H,6,11-12H2,1-5H3,(H,30,31);(H,6,7). The molecular weight excluding hydrogens is 572 g/mol. The van der Waals surface area contributed by atoms with E-state index in [1.165, 1.54) is 24.3 Å². The summed E-state index contributed by atoms with van der Waals surface area (Å²) in [6.07, 6.45) is -4.40. The van der Waals surface area contributed by atoms with Crippen molar-refractivity contribution in [2.75, 3.05) is 23.2 Å². The van der Waals surface area contributed by atoms with Gasteiger partial charge in [0.25, 0.3) is 10.0 Å². The normalized spacial score (nSPS) is 11.4. The number of carbonyl (C=O) groups is 2. The number of halogens is 4. The fourth-order valence-corrected chi connectivity index (χ4v) is 5.29. The zero-order valence-electron chi connectivity index (χ0n) is 22.9. The third-order valence-corrected chi connectivity index (χ3v) is 7.62. The number of rotatable bonds is 9. The Hall–Kier alpha value is -4.14. The summed E-state index contributed by atoms with van der Waals surface area (Å²) in [5.74, 6) is -4.62. The Morgan fingerprint density at radius 1 is 1.07 bits per heavy atom. The quantitative estimate of drug-likeness (QED) is 0.297. The number of aromatic nitrogens is 2. The van der Waals surface area contributed by atoms with Gasteiger partial charge in [0.1, 0.15) is 5.82 Å². The lowest BCUT2D eigenvalue weighted by molar-refractivity contribution is -0.192. The van der Waals surface area contributed by atoms with Gasteiger partial charge in [0.15, 0.2) is 0 Å². The van der Waals surface area contributed by atoms with Gasteiger partial charge >= 0.3 is 18.1 Å². The molecule has 0 saturated heterocycles. The van der Waals surface area contributed by atoms with Gasteiger partial charge in [-0.25, -0.2) is 22.4 Å². The fourth-order valence-electron chi connectivity index (χ4n) is 3.98. The second-order valence-electron chi connectivity index (χ2n) is 8.99. The molecule has 3 N–H and O–H groups in total. The van der Waals surface area contributed by atoms with Crippen LogP contribution in [0.2, 0.25) is 0 Å². The van der Waals surface area contributed by atoms with Crippen LogP contribution in [0.4, 0.5) is 28.9 Å². The van der Waals surface area contributed by atoms with E-state index in [1.54, 1.807) is 20.0 Å². The van der Waals surface area contributed by atoms with Crippen LogP contribution >= 0.6 is 0 Å². The Labute approximate surface area is 234 Å². The molecule has 0 amide bonds. The smallest absolute Gasteiger partial charge is 0.478 e. The van der Waals surface area contributed by atoms with Gasteiger partial charge in [-0.1, -0.05) is 6.07 Å². The van der Waals surface area contributed by atoms with Crippen LogP contribution in [-0.4, -0.2) is 60.1 Å². The van der Waals surface area contributed by atoms with Crippen LogP contribution in [0, 0.1) is 26.6 Å². The number of alkyl halides is 3. The number of carboxylic acid groups (broad SMARTS) is 2. The summed E-state index contributed by atoms with van der Waals surface area (Å²) in [4.78, 5) is 22.5. The number of benzene rings is 2. The second kappa shape index (κ2) is 13.0. The van der Waals surface area contributed by atoms with Crippen molar-refractivity contribution >= 4 is 33.3 Å². The van der Waals surface area contributed by atoms with Crippen molar-refractivity contribution in [3.05, 3.63) is 70.3 Å². The first-order valence-electron chi connectivity index (χ1n) is 12.1. The van der Waals surface area contributed by atoms with Crippen LogP contribution in [0.1, 0.15) is 39.8 Å². The third kappa shape index (κ3) is 8.42. The van der Waals surface area contributed by atoms with Crippen molar-refractivity contribution in [1.29, 1.82) is 0 Å². The topological polar surface area (TPSA) is 142 Å². The van der Waals surface area contributed by atoms with Crippen molar-refractivity contribution in [3.63, 3.8) is 0 Å². The minimum atomic E-state index is -5.08. The molecule has 0 radical (unpaired) electrons. The summed E-state index contributed by atoms with van der Waals surface area (Å²) in [5.41, 5.74) is 4.02. The van der Waals surface area contributed by atoms with Crippen LogP contribution in [0.15, 0.2) is 41.3 Å². The molecule has 0 aliphatic carbocycles. The molecule has 1 heterocycles. The number of aryl methyl sites for hydroxylation is 3. The molecule has 1 aromatic heterocycles. The Morgan fingerprint density at radius 2 is 1.68 bits per heavy atom. The molecule has 224 valence electrons. The van der Waals surface area contributed by atoms with Crippen LogP contribution in [0.5, 0.6) is 0 Å². The van der Waals surface area contributed by atoms with E-state index in [4.69, 9.17) is 9.90 Å². The van der Waals surface area contributed by atoms with Crippen molar-refractivity contribution in [3.8, 4) is 0 Å². The summed E-state index contributed by atoms with van der Waals surface area (Å²) in [6, 6.07) is 7.82. The lowest BCUT2D eigenvalue weighted by Gasteiger charge is -2.22. The molecule has 0 atom stereocenters. The number of nitrogens with one attached hydrogen (secondary N) is 1. The maximum atomic E-state index is 13.6. The maximum absolute atomic E-state index is 13.6. The molecule has 0 unspecified atom stereocenters. The van der Waals surface area contributed by atoms with E-state index in [1.807, 2.05) is 30.4 Å². The van der Waals surface area contributed by atoms with Crippen molar-refractivity contribution in [1.82, 2.24) is 9.78 Å². The van der Waals surface area contributed by atoms with Gasteiger partial charge in [-0.2, -0.15) is 18.3 Å². The molecule has 15 heteroatoms. The van der Waals surface area contributed by atoms with E-state index in [2.05, 4.69) is 9.82 Å². The van der Waals surface area contributed by atoms with Crippen molar-refractivity contribution in [2.45, 2.75) is 51.7 Å². The Balaban J connectivity index is 0.000000745. The van der Waals surface area contributed by atoms with Gasteiger partial charge < -0.3 is 15.1 Å². The number of carboxylic acids is 2. The zero-order valence-corrected chi connectivity index (χ0v) is 23.7. The maximum Gasteiger partial charge on any atom is 0.490 e. The lowest BCUT2D eigenvalue weighted by atomic mass is 10.1. The highest BCUT2D eigenvalue weighted by molar-refractivity contribution is 7.92. The Bertz CT molecular complexity index is 1540. The molecule has 0 fully saturated rings. The SMILES string of the molecule is CCn1nc(C)c(CCN(C)c2ccc(NS(=O)(=O)c3cc(F)ccc3C)cc2C(=O)O)c1C.O=C(O)C(F)(F)F. The zero-order chi connectivity index (χ0) is 31.3. The van der Waals surface area contributed by atoms with E-state index in [0.717, 1.165) is 29.6 Å². The average Bonchev–Trinajstić information content (AvgIpc) is 3.15. The largest absolute Gasteiger partial charge is 0.490 e. The number of sulfonamides is 1. The molecule has 0 saturated carbocycles. The van der Waals surface area contributed by atoms with Gasteiger partial charge in [-0.15, -0.1) is 0 Å². The van der Waals surface area contributed by atoms with Gasteiger partial charge in [0, 0.05) is 31.5 Å². The molecule has 0 aliphatic rings. The highest BCUT2D eigenvalue weighted by atomic mass is 32.2. The van der Waals surface area contributed by atoms with Crippen LogP contribution in [-0.2, 0) is 27.8 Å². The van der Waals surface area contributed by atoms with E-state index < -0.39 is 34.0 Å². The van der Waals surface area contributed by atoms with E-state index in [9.17, 15) is 35.9 Å². The minimum absolute atomic E-state index is 0.0450. The number of likely N-dealkylation sites (N-methyl/N-ethyl adjacent to an activating group) is 1. The van der Waals surface area contributed by atoms with E-state index >= 15 is 0 Å². The monoisotopic (exact) mass is 602 g/mol. The number of anilines is 2. The highest BCUT2D eigenvalue weighted by Gasteiger charge is 2.38. The molecule has 0 bridgehead atoms. The number of hydrogen-bond acceptors (Lipinski definition) is 6. The summed E-state index contributed by atoms with van der Waals surface area (Å²) < 4.78 is 75.2. The average molecular weight is 603 g/mol. The van der Waals surface area contributed by atoms with E-state index in [-0.39, 0.29) is 16.1 Å². The molecular formula is C26H30F4N4O6S. The summed E-state index contributed by atoms with van der Waals surface area (Å²) in [7, 11) is -2.32. The van der Waals surface area contributed by atoms with Crippen molar-refractivity contribution in [2.24, 2.45) is 0 Å². The second-order valence-corrected chi connectivity index (χ2v) is 10.6. The van der Waals surface area contributed by atoms with Crippen LogP contribution in [0.3, 0.4) is 0 Å². The predicted octanol–water partition coefficient (Wildman–Crippen LogP) is 4.78. The molecule has 2 aromatic carbocycles. The van der Waals surface area contributed by atoms with Gasteiger partial charge in [-0.3, -0.25) is 9.40 Å². The molecule has 3 aromatic rings. The minimum Gasteiger partial charge on any atom is -0.478 e. The highest BCUT2D eigenvalue weighted by Crippen LogP contribution is 2.27. The number of aliphatic carboxylic acids is 1. The van der Waals surface area contributed by atoms with Crippen LogP contribution < -0.4 is 9.62 Å². The first-order valence-corrected chi connectivity index (χ1v) is 13.6. The molecule has 3 rings (SSSR count). The van der Waals surface area contributed by atoms with Gasteiger partial charge in [0.2, 0.25) is 0 Å². The number of nitrogens with zero attached hydrogens (tertiary/aromatic N) is 3. The summed E-state index contributed by atoms with van der Waals surface area (Å²) >= 11 is 0. The molecule has 10 nitrogen and oxygen atoms in total. The summed E-state index contributed by atoms with van der Waals surface area (Å²) in [6.45, 7) is 8.88. The van der Waals surface area contributed by atoms with E-state index in [0.29, 0.717) is 24.2 Å². The molecule has 41 heavy (non-hydrogen) atoms. The fraction of sp³-hybridized carbons (Fsp3) is 0.346. The van der Waals surface area contributed by atoms with Crippen LogP contribution in [0.25, 0.3) is 0 Å².